The van der Waals surface area contributed by atoms with Crippen LogP contribution in [0, 0.1) is 5.82 Å². The zero-order valence-corrected chi connectivity index (χ0v) is 15.4. The Morgan fingerprint density at radius 3 is 3.00 bits per heavy atom. The predicted octanol–water partition coefficient (Wildman–Crippen LogP) is 1.46. The van der Waals surface area contributed by atoms with Gasteiger partial charge in [0.05, 0.1) is 22.5 Å². The number of benzene rings is 1. The van der Waals surface area contributed by atoms with Crippen LogP contribution in [0.15, 0.2) is 23.1 Å². The van der Waals surface area contributed by atoms with Gasteiger partial charge in [0.1, 0.15) is 18.0 Å². The molecule has 2 atom stereocenters. The van der Waals surface area contributed by atoms with E-state index in [2.05, 4.69) is 16.3 Å². The van der Waals surface area contributed by atoms with Gasteiger partial charge in [-0.15, -0.1) is 0 Å². The Kier molecular flexibility index (Phi) is 3.82. The van der Waals surface area contributed by atoms with Crippen LogP contribution in [0.1, 0.15) is 28.9 Å². The lowest BCUT2D eigenvalue weighted by Gasteiger charge is -2.30. The highest BCUT2D eigenvalue weighted by atomic mass is 19.1. The van der Waals surface area contributed by atoms with Gasteiger partial charge in [-0.05, 0) is 18.6 Å². The largest absolute Gasteiger partial charge is 0.488 e. The lowest BCUT2D eigenvalue weighted by Crippen LogP contribution is -2.47. The molecule has 2 N–H and O–H groups in total. The molecule has 0 unspecified atom stereocenters. The van der Waals surface area contributed by atoms with E-state index in [4.69, 9.17) is 4.74 Å². The number of halogens is 1. The highest BCUT2D eigenvalue weighted by Gasteiger charge is 2.33. The molecule has 5 rings (SSSR count). The number of aromatic nitrogens is 1. The topological polar surface area (TPSA) is 83.8 Å². The SMILES string of the molecule is C[C@H]1COc2c(C3=C[C@H]4CNCCN4C3)c(F)cc3c(=O)c(C(=O)O)cn1c23. The third-order valence-electron chi connectivity index (χ3n) is 5.88. The van der Waals surface area contributed by atoms with E-state index in [1.54, 1.807) is 4.57 Å². The quantitative estimate of drug-likeness (QED) is 0.815. The number of pyridine rings is 1. The number of nitrogens with one attached hydrogen (secondary N) is 1. The molecule has 0 spiro atoms. The molecular formula is C20H20FN3O4. The van der Waals surface area contributed by atoms with Crippen LogP contribution in [0.4, 0.5) is 4.39 Å². The van der Waals surface area contributed by atoms with Crippen molar-refractivity contribution in [2.24, 2.45) is 0 Å². The molecule has 3 aliphatic rings. The Hall–Kier alpha value is -2.71. The summed E-state index contributed by atoms with van der Waals surface area (Å²) >= 11 is 0. The molecule has 0 saturated carbocycles. The van der Waals surface area contributed by atoms with Crippen molar-refractivity contribution in [3.05, 3.63) is 45.5 Å². The van der Waals surface area contributed by atoms with E-state index in [9.17, 15) is 14.7 Å². The Morgan fingerprint density at radius 1 is 1.43 bits per heavy atom. The summed E-state index contributed by atoms with van der Waals surface area (Å²) in [7, 11) is 0. The number of piperazine rings is 1. The van der Waals surface area contributed by atoms with Gasteiger partial charge in [0.15, 0.2) is 5.75 Å². The Bertz CT molecular complexity index is 1110. The molecule has 2 aromatic rings. The summed E-state index contributed by atoms with van der Waals surface area (Å²) in [6, 6.07) is 1.21. The number of rotatable bonds is 2. The summed E-state index contributed by atoms with van der Waals surface area (Å²) in [5.41, 5.74) is 0.644. The maximum Gasteiger partial charge on any atom is 0.341 e. The number of hydrogen-bond donors (Lipinski definition) is 2. The highest BCUT2D eigenvalue weighted by Crippen LogP contribution is 2.41. The monoisotopic (exact) mass is 385 g/mol. The first-order valence-electron chi connectivity index (χ1n) is 9.39. The van der Waals surface area contributed by atoms with Crippen molar-refractivity contribution < 1.29 is 19.0 Å². The van der Waals surface area contributed by atoms with Crippen LogP contribution in [0.3, 0.4) is 0 Å². The second-order valence-corrected chi connectivity index (χ2v) is 7.64. The van der Waals surface area contributed by atoms with E-state index in [0.717, 1.165) is 31.3 Å². The van der Waals surface area contributed by atoms with Gasteiger partial charge >= 0.3 is 5.97 Å². The van der Waals surface area contributed by atoms with Gasteiger partial charge in [-0.2, -0.15) is 0 Å². The average Bonchev–Trinajstić information content (AvgIpc) is 3.09. The molecular weight excluding hydrogens is 365 g/mol. The molecule has 0 bridgehead atoms. The van der Waals surface area contributed by atoms with Crippen molar-refractivity contribution in [3.8, 4) is 5.75 Å². The summed E-state index contributed by atoms with van der Waals surface area (Å²) in [5, 5.41) is 12.8. The maximum atomic E-state index is 15.2. The van der Waals surface area contributed by atoms with Gasteiger partial charge in [0.25, 0.3) is 0 Å². The first-order chi connectivity index (χ1) is 13.5. The van der Waals surface area contributed by atoms with Gasteiger partial charge < -0.3 is 19.7 Å². The van der Waals surface area contributed by atoms with Crippen molar-refractivity contribution in [1.29, 1.82) is 0 Å². The van der Waals surface area contributed by atoms with Gasteiger partial charge in [0, 0.05) is 38.4 Å². The van der Waals surface area contributed by atoms with Gasteiger partial charge in [0.2, 0.25) is 5.43 Å². The molecule has 28 heavy (non-hydrogen) atoms. The number of carboxylic acid groups (broad SMARTS) is 1. The van der Waals surface area contributed by atoms with E-state index in [1.165, 1.54) is 6.20 Å². The van der Waals surface area contributed by atoms with Crippen LogP contribution in [-0.4, -0.2) is 59.4 Å². The Balaban J connectivity index is 1.77. The maximum absolute atomic E-state index is 15.2. The van der Waals surface area contributed by atoms with E-state index < -0.39 is 17.2 Å². The first-order valence-corrected chi connectivity index (χ1v) is 9.39. The molecule has 4 heterocycles. The number of carbonyl (C=O) groups is 1. The van der Waals surface area contributed by atoms with Crippen molar-refractivity contribution in [1.82, 2.24) is 14.8 Å². The molecule has 1 saturated heterocycles. The predicted molar refractivity (Wildman–Crippen MR) is 102 cm³/mol. The highest BCUT2D eigenvalue weighted by molar-refractivity contribution is 5.97. The standard InChI is InChI=1S/C20H20FN3O4/c1-10-9-28-19-16(11-4-12-6-22-2-3-23(12)7-11)15(21)5-13-17(19)24(10)8-14(18(13)25)20(26)27/h4-5,8,10,12,22H,2-3,6-7,9H2,1H3,(H,26,27)/t10-,12-/m0/s1. The molecule has 0 amide bonds. The number of nitrogens with zero attached hydrogens (tertiary/aromatic N) is 2. The zero-order chi connectivity index (χ0) is 19.6. The number of ether oxygens (including phenoxy) is 1. The number of hydrogen-bond acceptors (Lipinski definition) is 5. The third-order valence-corrected chi connectivity index (χ3v) is 5.88. The molecule has 0 aliphatic carbocycles. The van der Waals surface area contributed by atoms with Crippen molar-refractivity contribution in [2.75, 3.05) is 32.8 Å². The average molecular weight is 385 g/mol. The fourth-order valence-electron chi connectivity index (χ4n) is 4.47. The first kappa shape index (κ1) is 17.4. The van der Waals surface area contributed by atoms with Crippen LogP contribution in [-0.2, 0) is 0 Å². The minimum atomic E-state index is -1.32. The fraction of sp³-hybridized carbons (Fsp3) is 0.400. The van der Waals surface area contributed by atoms with Crippen LogP contribution in [0.25, 0.3) is 16.5 Å². The van der Waals surface area contributed by atoms with Crippen LogP contribution >= 0.6 is 0 Å². The summed E-state index contributed by atoms with van der Waals surface area (Å²) < 4.78 is 22.9. The third kappa shape index (κ3) is 2.41. The number of carboxylic acids is 1. The minimum absolute atomic E-state index is 0.0423. The van der Waals surface area contributed by atoms with E-state index in [0.29, 0.717) is 23.4 Å². The normalized spacial score (nSPS) is 24.0. The fourth-order valence-corrected chi connectivity index (χ4v) is 4.47. The van der Waals surface area contributed by atoms with E-state index in [-0.39, 0.29) is 29.6 Å². The number of aromatic carboxylic acids is 1. The molecule has 8 heteroatoms. The zero-order valence-electron chi connectivity index (χ0n) is 15.4. The van der Waals surface area contributed by atoms with Gasteiger partial charge in [-0.25, -0.2) is 9.18 Å². The second kappa shape index (κ2) is 6.15. The van der Waals surface area contributed by atoms with Gasteiger partial charge in [-0.1, -0.05) is 6.08 Å². The van der Waals surface area contributed by atoms with Crippen molar-refractivity contribution in [3.63, 3.8) is 0 Å². The minimum Gasteiger partial charge on any atom is -0.488 e. The summed E-state index contributed by atoms with van der Waals surface area (Å²) in [6.07, 6.45) is 3.41. The lowest BCUT2D eigenvalue weighted by atomic mass is 9.98. The molecule has 1 fully saturated rings. The summed E-state index contributed by atoms with van der Waals surface area (Å²) in [5.74, 6) is -1.54. The molecule has 0 radical (unpaired) electrons. The summed E-state index contributed by atoms with van der Waals surface area (Å²) in [4.78, 5) is 26.4. The van der Waals surface area contributed by atoms with E-state index >= 15 is 4.39 Å². The molecule has 146 valence electrons. The van der Waals surface area contributed by atoms with Crippen LogP contribution in [0.5, 0.6) is 5.75 Å². The van der Waals surface area contributed by atoms with Crippen LogP contribution in [0.2, 0.25) is 0 Å². The van der Waals surface area contributed by atoms with Crippen molar-refractivity contribution in [2.45, 2.75) is 19.0 Å². The molecule has 7 nitrogen and oxygen atoms in total. The molecule has 1 aromatic carbocycles. The van der Waals surface area contributed by atoms with Crippen molar-refractivity contribution >= 4 is 22.4 Å². The molecule has 1 aromatic heterocycles. The Morgan fingerprint density at radius 2 is 2.25 bits per heavy atom. The van der Waals surface area contributed by atoms with E-state index in [1.807, 2.05) is 6.92 Å². The second-order valence-electron chi connectivity index (χ2n) is 7.64. The summed E-state index contributed by atoms with van der Waals surface area (Å²) in [6.45, 7) is 5.39. The van der Waals surface area contributed by atoms with Gasteiger partial charge in [-0.3, -0.25) is 9.69 Å². The van der Waals surface area contributed by atoms with Crippen LogP contribution < -0.4 is 15.5 Å². The molecule has 3 aliphatic heterocycles. The lowest BCUT2D eigenvalue weighted by molar-refractivity contribution is 0.0694. The number of fused-ring (bicyclic) bond motifs is 1. The Labute approximate surface area is 160 Å². The smallest absolute Gasteiger partial charge is 0.341 e.